The summed E-state index contributed by atoms with van der Waals surface area (Å²) < 4.78 is 0.885. The van der Waals surface area contributed by atoms with Gasteiger partial charge in [0.05, 0.1) is 16.1 Å². The molecule has 0 fully saturated rings. The molecule has 0 aromatic heterocycles. The zero-order valence-electron chi connectivity index (χ0n) is 9.13. The smallest absolute Gasteiger partial charge is 0.0643 e. The van der Waals surface area contributed by atoms with Crippen molar-refractivity contribution in [2.45, 2.75) is 6.04 Å². The van der Waals surface area contributed by atoms with Crippen molar-refractivity contribution in [1.29, 1.82) is 0 Å². The Kier molecular flexibility index (Phi) is 4.57. The first-order chi connectivity index (χ1) is 8.50. The van der Waals surface area contributed by atoms with Gasteiger partial charge in [0.15, 0.2) is 0 Å². The highest BCUT2D eigenvalue weighted by Gasteiger charge is 2.16. The van der Waals surface area contributed by atoms with Gasteiger partial charge in [0.2, 0.25) is 0 Å². The molecule has 0 heterocycles. The molecule has 5 heteroatoms. The van der Waals surface area contributed by atoms with Crippen LogP contribution < -0.4 is 5.73 Å². The van der Waals surface area contributed by atoms with Crippen LogP contribution in [0, 0.1) is 0 Å². The third-order valence-electron chi connectivity index (χ3n) is 2.61. The largest absolute Gasteiger partial charge is 0.320 e. The molecule has 0 bridgehead atoms. The maximum absolute atomic E-state index is 6.22. The van der Waals surface area contributed by atoms with E-state index >= 15 is 0 Å². The van der Waals surface area contributed by atoms with Crippen LogP contribution in [0.25, 0.3) is 0 Å². The summed E-state index contributed by atoms with van der Waals surface area (Å²) in [5.41, 5.74) is 7.86. The summed E-state index contributed by atoms with van der Waals surface area (Å²) >= 11 is 21.6. The fourth-order valence-electron chi connectivity index (χ4n) is 1.68. The Balaban J connectivity index is 2.51. The second-order valence-electron chi connectivity index (χ2n) is 3.79. The monoisotopic (exact) mass is 363 g/mol. The first-order valence-corrected chi connectivity index (χ1v) is 7.08. The van der Waals surface area contributed by atoms with Crippen molar-refractivity contribution in [2.24, 2.45) is 5.73 Å². The summed E-state index contributed by atoms with van der Waals surface area (Å²) in [5.74, 6) is 0. The molecule has 0 aliphatic heterocycles. The Morgan fingerprint density at radius 3 is 2.44 bits per heavy atom. The zero-order chi connectivity index (χ0) is 13.3. The SMILES string of the molecule is NC(c1cc(Cl)ccc1Br)c1cccc(Cl)c1Cl. The van der Waals surface area contributed by atoms with E-state index in [-0.39, 0.29) is 6.04 Å². The molecule has 0 saturated heterocycles. The topological polar surface area (TPSA) is 26.0 Å². The molecule has 1 nitrogen and oxygen atoms in total. The van der Waals surface area contributed by atoms with E-state index in [0.29, 0.717) is 15.1 Å². The molecule has 2 aromatic rings. The van der Waals surface area contributed by atoms with E-state index in [1.807, 2.05) is 24.3 Å². The lowest BCUT2D eigenvalue weighted by molar-refractivity contribution is 0.866. The molecular weight excluding hydrogens is 356 g/mol. The Labute approximate surface area is 129 Å². The number of benzene rings is 2. The first-order valence-electron chi connectivity index (χ1n) is 5.15. The molecule has 0 spiro atoms. The third-order valence-corrected chi connectivity index (χ3v) is 4.40. The molecule has 0 amide bonds. The summed E-state index contributed by atoms with van der Waals surface area (Å²) in [4.78, 5) is 0. The van der Waals surface area contributed by atoms with Crippen molar-refractivity contribution in [3.8, 4) is 0 Å². The van der Waals surface area contributed by atoms with E-state index in [1.54, 1.807) is 12.1 Å². The molecule has 2 rings (SSSR count). The highest BCUT2D eigenvalue weighted by molar-refractivity contribution is 9.10. The molecule has 1 unspecified atom stereocenters. The quantitative estimate of drug-likeness (QED) is 0.752. The minimum atomic E-state index is -0.385. The van der Waals surface area contributed by atoms with Gasteiger partial charge in [-0.2, -0.15) is 0 Å². The van der Waals surface area contributed by atoms with Crippen LogP contribution in [0.5, 0.6) is 0 Å². The number of nitrogens with two attached hydrogens (primary N) is 1. The van der Waals surface area contributed by atoms with Gasteiger partial charge in [-0.25, -0.2) is 0 Å². The Morgan fingerprint density at radius 1 is 1.00 bits per heavy atom. The highest BCUT2D eigenvalue weighted by atomic mass is 79.9. The summed E-state index contributed by atoms with van der Waals surface area (Å²) in [6.45, 7) is 0. The molecule has 0 aliphatic carbocycles. The molecule has 2 aromatic carbocycles. The van der Waals surface area contributed by atoms with Gasteiger partial charge in [0, 0.05) is 9.50 Å². The minimum Gasteiger partial charge on any atom is -0.320 e. The Bertz CT molecular complexity index is 584. The molecular formula is C13H9BrCl3N. The normalized spacial score (nSPS) is 12.5. The Morgan fingerprint density at radius 2 is 1.72 bits per heavy atom. The van der Waals surface area contributed by atoms with Crippen LogP contribution >= 0.6 is 50.7 Å². The zero-order valence-corrected chi connectivity index (χ0v) is 13.0. The van der Waals surface area contributed by atoms with E-state index < -0.39 is 0 Å². The number of hydrogen-bond acceptors (Lipinski definition) is 1. The van der Waals surface area contributed by atoms with Crippen LogP contribution in [0.15, 0.2) is 40.9 Å². The van der Waals surface area contributed by atoms with Gasteiger partial charge in [0.25, 0.3) is 0 Å². The van der Waals surface area contributed by atoms with E-state index in [4.69, 9.17) is 40.5 Å². The maximum Gasteiger partial charge on any atom is 0.0643 e. The molecule has 18 heavy (non-hydrogen) atoms. The lowest BCUT2D eigenvalue weighted by Gasteiger charge is -2.16. The first kappa shape index (κ1) is 14.2. The van der Waals surface area contributed by atoms with Crippen molar-refractivity contribution in [2.75, 3.05) is 0 Å². The fraction of sp³-hybridized carbons (Fsp3) is 0.0769. The summed E-state index contributed by atoms with van der Waals surface area (Å²) in [6, 6.07) is 10.5. The summed E-state index contributed by atoms with van der Waals surface area (Å²) in [7, 11) is 0. The number of rotatable bonds is 2. The van der Waals surface area contributed by atoms with E-state index in [0.717, 1.165) is 15.6 Å². The second-order valence-corrected chi connectivity index (χ2v) is 5.86. The Hall–Kier alpha value is -0.250. The molecule has 0 saturated carbocycles. The standard InChI is InChI=1S/C13H9BrCl3N/c14-10-5-4-7(15)6-9(10)13(18)8-2-1-3-11(16)12(8)17/h1-6,13H,18H2. The summed E-state index contributed by atoms with van der Waals surface area (Å²) in [5, 5.41) is 1.59. The van der Waals surface area contributed by atoms with Crippen molar-refractivity contribution in [1.82, 2.24) is 0 Å². The molecule has 2 N–H and O–H groups in total. The van der Waals surface area contributed by atoms with Gasteiger partial charge in [-0.05, 0) is 35.4 Å². The van der Waals surface area contributed by atoms with Crippen LogP contribution in [0.3, 0.4) is 0 Å². The van der Waals surface area contributed by atoms with Crippen molar-refractivity contribution in [3.05, 3.63) is 67.1 Å². The lowest BCUT2D eigenvalue weighted by atomic mass is 10.00. The lowest BCUT2D eigenvalue weighted by Crippen LogP contribution is -2.13. The van der Waals surface area contributed by atoms with E-state index in [9.17, 15) is 0 Å². The minimum absolute atomic E-state index is 0.385. The number of halogens is 4. The van der Waals surface area contributed by atoms with Gasteiger partial charge in [-0.1, -0.05) is 62.9 Å². The van der Waals surface area contributed by atoms with Gasteiger partial charge < -0.3 is 5.73 Å². The van der Waals surface area contributed by atoms with Crippen molar-refractivity contribution >= 4 is 50.7 Å². The van der Waals surface area contributed by atoms with Gasteiger partial charge in [-0.15, -0.1) is 0 Å². The number of hydrogen-bond donors (Lipinski definition) is 1. The van der Waals surface area contributed by atoms with Crippen molar-refractivity contribution in [3.63, 3.8) is 0 Å². The van der Waals surface area contributed by atoms with Gasteiger partial charge in [-0.3, -0.25) is 0 Å². The average molecular weight is 365 g/mol. The molecule has 0 aliphatic rings. The summed E-state index contributed by atoms with van der Waals surface area (Å²) in [6.07, 6.45) is 0. The van der Waals surface area contributed by atoms with Gasteiger partial charge in [0.1, 0.15) is 0 Å². The van der Waals surface area contributed by atoms with Crippen LogP contribution in [-0.2, 0) is 0 Å². The maximum atomic E-state index is 6.22. The van der Waals surface area contributed by atoms with Crippen LogP contribution in [-0.4, -0.2) is 0 Å². The van der Waals surface area contributed by atoms with E-state index in [1.165, 1.54) is 0 Å². The predicted molar refractivity (Wildman–Crippen MR) is 81.6 cm³/mol. The van der Waals surface area contributed by atoms with Crippen LogP contribution in [0.1, 0.15) is 17.2 Å². The van der Waals surface area contributed by atoms with Crippen molar-refractivity contribution < 1.29 is 0 Å². The third kappa shape index (κ3) is 2.84. The fourth-order valence-corrected chi connectivity index (χ4v) is 2.78. The predicted octanol–water partition coefficient (Wildman–Crippen LogP) is 5.46. The second kappa shape index (κ2) is 5.81. The van der Waals surface area contributed by atoms with Crippen LogP contribution in [0.2, 0.25) is 15.1 Å². The van der Waals surface area contributed by atoms with Crippen LogP contribution in [0.4, 0.5) is 0 Å². The van der Waals surface area contributed by atoms with Gasteiger partial charge >= 0.3 is 0 Å². The molecule has 0 radical (unpaired) electrons. The highest BCUT2D eigenvalue weighted by Crippen LogP contribution is 2.35. The molecule has 1 atom stereocenters. The average Bonchev–Trinajstić information content (AvgIpc) is 2.35. The van der Waals surface area contributed by atoms with E-state index in [2.05, 4.69) is 15.9 Å². The molecule has 94 valence electrons.